The van der Waals surface area contributed by atoms with E-state index in [1.807, 2.05) is 6.07 Å². The van der Waals surface area contributed by atoms with Crippen LogP contribution in [0.25, 0.3) is 0 Å². The van der Waals surface area contributed by atoms with Gasteiger partial charge >= 0.3 is 0 Å². The molecule has 0 aliphatic carbocycles. The van der Waals surface area contributed by atoms with Crippen LogP contribution in [-0.2, 0) is 16.4 Å². The number of hydrogen-bond donors (Lipinski definition) is 1. The van der Waals surface area contributed by atoms with Gasteiger partial charge in [0, 0.05) is 17.8 Å². The zero-order chi connectivity index (χ0) is 22.0. The number of fused-ring (bicyclic) bond motifs is 1. The van der Waals surface area contributed by atoms with E-state index in [1.54, 1.807) is 24.3 Å². The van der Waals surface area contributed by atoms with Crippen LogP contribution < -0.4 is 14.4 Å². The zero-order valence-corrected chi connectivity index (χ0v) is 17.7. The Bertz CT molecular complexity index is 1230. The molecule has 0 fully saturated rings. The highest BCUT2D eigenvalue weighted by atomic mass is 32.2. The number of ether oxygens (including phenoxy) is 1. The van der Waals surface area contributed by atoms with Crippen molar-refractivity contribution in [2.75, 3.05) is 23.3 Å². The molecule has 1 aliphatic rings. The van der Waals surface area contributed by atoms with Crippen molar-refractivity contribution < 1.29 is 22.3 Å². The van der Waals surface area contributed by atoms with Crippen molar-refractivity contribution in [2.24, 2.45) is 0 Å². The summed E-state index contributed by atoms with van der Waals surface area (Å²) in [6, 6.07) is 16.8. The van der Waals surface area contributed by atoms with Gasteiger partial charge < -0.3 is 10.1 Å². The quantitative estimate of drug-likeness (QED) is 0.644. The molecular weight excluding hydrogens is 419 g/mol. The average Bonchev–Trinajstić information content (AvgIpc) is 2.78. The number of rotatable bonds is 5. The van der Waals surface area contributed by atoms with Crippen LogP contribution in [-0.4, -0.2) is 28.0 Å². The van der Waals surface area contributed by atoms with Gasteiger partial charge in [-0.25, -0.2) is 12.8 Å². The lowest BCUT2D eigenvalue weighted by molar-refractivity contribution is 0.102. The number of sulfonamides is 1. The van der Waals surface area contributed by atoms with Gasteiger partial charge in [0.25, 0.3) is 15.9 Å². The Kier molecular flexibility index (Phi) is 5.65. The molecule has 3 aromatic carbocycles. The van der Waals surface area contributed by atoms with E-state index in [1.165, 1.54) is 41.7 Å². The Morgan fingerprint density at radius 2 is 1.84 bits per heavy atom. The first-order chi connectivity index (χ1) is 14.9. The van der Waals surface area contributed by atoms with Gasteiger partial charge in [-0.15, -0.1) is 0 Å². The van der Waals surface area contributed by atoms with Crippen molar-refractivity contribution in [3.63, 3.8) is 0 Å². The van der Waals surface area contributed by atoms with E-state index in [0.29, 0.717) is 30.1 Å². The third-order valence-electron chi connectivity index (χ3n) is 5.15. The second kappa shape index (κ2) is 8.39. The fourth-order valence-corrected chi connectivity index (χ4v) is 5.11. The summed E-state index contributed by atoms with van der Waals surface area (Å²) < 4.78 is 46.5. The monoisotopic (exact) mass is 440 g/mol. The predicted molar refractivity (Wildman–Crippen MR) is 117 cm³/mol. The Balaban J connectivity index is 1.65. The van der Waals surface area contributed by atoms with E-state index >= 15 is 0 Å². The van der Waals surface area contributed by atoms with Gasteiger partial charge in [-0.2, -0.15) is 0 Å². The molecule has 1 heterocycles. The Morgan fingerprint density at radius 1 is 1.06 bits per heavy atom. The maximum absolute atomic E-state index is 13.4. The largest absolute Gasteiger partial charge is 0.497 e. The molecule has 0 unspecified atom stereocenters. The SMILES string of the molecule is COc1ccc(S(=O)(=O)N2CCCc3ccc(NC(=O)c4cccc(F)c4)cc32)cc1. The Labute approximate surface area is 180 Å². The van der Waals surface area contributed by atoms with Crippen LogP contribution in [0.4, 0.5) is 15.8 Å². The lowest BCUT2D eigenvalue weighted by Gasteiger charge is -2.31. The second-order valence-corrected chi connectivity index (χ2v) is 9.03. The summed E-state index contributed by atoms with van der Waals surface area (Å²) in [6.45, 7) is 0.336. The van der Waals surface area contributed by atoms with Gasteiger partial charge in [0.15, 0.2) is 0 Å². The first-order valence-electron chi connectivity index (χ1n) is 9.75. The summed E-state index contributed by atoms with van der Waals surface area (Å²) >= 11 is 0. The van der Waals surface area contributed by atoms with Crippen LogP contribution in [0.1, 0.15) is 22.3 Å². The minimum absolute atomic E-state index is 0.162. The minimum Gasteiger partial charge on any atom is -0.497 e. The molecule has 1 amide bonds. The fraction of sp³-hybridized carbons (Fsp3) is 0.174. The van der Waals surface area contributed by atoms with E-state index in [4.69, 9.17) is 4.74 Å². The molecule has 160 valence electrons. The number of halogens is 1. The van der Waals surface area contributed by atoms with Crippen molar-refractivity contribution in [3.8, 4) is 5.75 Å². The number of benzene rings is 3. The van der Waals surface area contributed by atoms with Crippen molar-refractivity contribution in [1.82, 2.24) is 0 Å². The zero-order valence-electron chi connectivity index (χ0n) is 16.8. The van der Waals surface area contributed by atoms with Gasteiger partial charge in [-0.1, -0.05) is 12.1 Å². The first kappa shape index (κ1) is 20.9. The van der Waals surface area contributed by atoms with Crippen molar-refractivity contribution in [2.45, 2.75) is 17.7 Å². The molecule has 0 saturated heterocycles. The molecule has 3 aromatic rings. The molecule has 0 spiro atoms. The molecule has 4 rings (SSSR count). The van der Waals surface area contributed by atoms with E-state index < -0.39 is 21.7 Å². The van der Waals surface area contributed by atoms with Gasteiger partial charge in [0.1, 0.15) is 11.6 Å². The number of amides is 1. The number of anilines is 2. The predicted octanol–water partition coefficient (Wildman–Crippen LogP) is 4.23. The van der Waals surface area contributed by atoms with Crippen molar-refractivity contribution >= 4 is 27.3 Å². The standard InChI is InChI=1S/C23H21FN2O4S/c1-30-20-9-11-21(12-10-20)31(28,29)26-13-3-5-16-7-8-19(15-22(16)26)25-23(27)17-4-2-6-18(24)14-17/h2,4,6-12,14-15H,3,5,13H2,1H3,(H,25,27). The van der Waals surface area contributed by atoms with Crippen LogP contribution in [0, 0.1) is 5.82 Å². The lowest BCUT2D eigenvalue weighted by Crippen LogP contribution is -2.35. The highest BCUT2D eigenvalue weighted by Crippen LogP contribution is 2.34. The highest BCUT2D eigenvalue weighted by molar-refractivity contribution is 7.92. The molecule has 6 nitrogen and oxygen atoms in total. The first-order valence-corrected chi connectivity index (χ1v) is 11.2. The topological polar surface area (TPSA) is 75.7 Å². The summed E-state index contributed by atoms with van der Waals surface area (Å²) in [5.41, 5.74) is 2.02. The number of nitrogens with one attached hydrogen (secondary N) is 1. The van der Waals surface area contributed by atoms with E-state index in [2.05, 4.69) is 5.32 Å². The Hall–Kier alpha value is -3.39. The van der Waals surface area contributed by atoms with Gasteiger partial charge in [0.2, 0.25) is 0 Å². The third-order valence-corrected chi connectivity index (χ3v) is 6.98. The lowest BCUT2D eigenvalue weighted by atomic mass is 10.0. The van der Waals surface area contributed by atoms with E-state index in [-0.39, 0.29) is 10.5 Å². The molecule has 1 aliphatic heterocycles. The molecule has 0 radical (unpaired) electrons. The fourth-order valence-electron chi connectivity index (χ4n) is 3.58. The van der Waals surface area contributed by atoms with Crippen LogP contribution in [0.15, 0.2) is 71.6 Å². The molecular formula is C23H21FN2O4S. The number of aryl methyl sites for hydroxylation is 1. The molecule has 31 heavy (non-hydrogen) atoms. The van der Waals surface area contributed by atoms with Gasteiger partial charge in [-0.05, 0) is 73.0 Å². The van der Waals surface area contributed by atoms with Crippen molar-refractivity contribution in [1.29, 1.82) is 0 Å². The molecule has 1 N–H and O–H groups in total. The average molecular weight is 440 g/mol. The van der Waals surface area contributed by atoms with Crippen LogP contribution >= 0.6 is 0 Å². The summed E-state index contributed by atoms with van der Waals surface area (Å²) in [5.74, 6) is -0.407. The molecule has 0 aromatic heterocycles. The van der Waals surface area contributed by atoms with Gasteiger partial charge in [0.05, 0.1) is 17.7 Å². The van der Waals surface area contributed by atoms with E-state index in [9.17, 15) is 17.6 Å². The van der Waals surface area contributed by atoms with Gasteiger partial charge in [-0.3, -0.25) is 9.10 Å². The number of carbonyl (C=O) groups excluding carboxylic acids is 1. The normalized spacial score (nSPS) is 13.4. The molecule has 0 bridgehead atoms. The molecule has 0 saturated carbocycles. The number of carbonyl (C=O) groups is 1. The smallest absolute Gasteiger partial charge is 0.264 e. The second-order valence-electron chi connectivity index (χ2n) is 7.16. The number of nitrogens with zero attached hydrogens (tertiary/aromatic N) is 1. The molecule has 0 atom stereocenters. The third kappa shape index (κ3) is 4.25. The highest BCUT2D eigenvalue weighted by Gasteiger charge is 2.29. The number of methoxy groups -OCH3 is 1. The van der Waals surface area contributed by atoms with E-state index in [0.717, 1.165) is 18.1 Å². The van der Waals surface area contributed by atoms with Crippen molar-refractivity contribution in [3.05, 3.63) is 83.7 Å². The van der Waals surface area contributed by atoms with Crippen LogP contribution in [0.3, 0.4) is 0 Å². The Morgan fingerprint density at radius 3 is 2.55 bits per heavy atom. The maximum Gasteiger partial charge on any atom is 0.264 e. The minimum atomic E-state index is -3.79. The van der Waals surface area contributed by atoms with Crippen LogP contribution in [0.5, 0.6) is 5.75 Å². The summed E-state index contributed by atoms with van der Waals surface area (Å²) in [5, 5.41) is 2.72. The number of hydrogen-bond acceptors (Lipinski definition) is 4. The van der Waals surface area contributed by atoms with Crippen LogP contribution in [0.2, 0.25) is 0 Å². The summed E-state index contributed by atoms with van der Waals surface area (Å²) in [7, 11) is -2.27. The maximum atomic E-state index is 13.4. The molecule has 8 heteroatoms. The summed E-state index contributed by atoms with van der Waals surface area (Å²) in [6.07, 6.45) is 1.43. The summed E-state index contributed by atoms with van der Waals surface area (Å²) in [4.78, 5) is 12.6.